The first-order valence-corrected chi connectivity index (χ1v) is 15.6. The second kappa shape index (κ2) is 15.7. The van der Waals surface area contributed by atoms with E-state index in [2.05, 4.69) is 33.5 Å². The summed E-state index contributed by atoms with van der Waals surface area (Å²) in [6, 6.07) is 30.4. The number of fused-ring (bicyclic) bond motifs is 1. The van der Waals surface area contributed by atoms with Crippen LogP contribution >= 0.6 is 0 Å². The average Bonchev–Trinajstić information content (AvgIpc) is 3.09. The summed E-state index contributed by atoms with van der Waals surface area (Å²) in [5, 5.41) is 6.73. The summed E-state index contributed by atoms with van der Waals surface area (Å²) in [7, 11) is 3.30. The fraction of sp³-hybridized carbons (Fsp3) is 0.237. The third kappa shape index (κ3) is 8.28. The molecule has 0 unspecified atom stereocenters. The van der Waals surface area contributed by atoms with Gasteiger partial charge in [-0.2, -0.15) is 0 Å². The molecule has 0 aliphatic carbocycles. The Morgan fingerprint density at radius 3 is 2.28 bits per heavy atom. The molecule has 0 radical (unpaired) electrons. The van der Waals surface area contributed by atoms with Crippen molar-refractivity contribution in [2.24, 2.45) is 0 Å². The van der Waals surface area contributed by atoms with Crippen molar-refractivity contribution in [3.8, 4) is 11.5 Å². The molecule has 1 heterocycles. The first kappa shape index (κ1) is 32.2. The quantitative estimate of drug-likeness (QED) is 0.134. The van der Waals surface area contributed by atoms with E-state index >= 15 is 0 Å². The lowest BCUT2D eigenvalue weighted by Crippen LogP contribution is -2.27. The number of nitrogens with one attached hydrogen (secondary N) is 2. The number of amides is 2. The zero-order chi connectivity index (χ0) is 32.3. The van der Waals surface area contributed by atoms with Gasteiger partial charge in [-0.1, -0.05) is 61.9 Å². The van der Waals surface area contributed by atoms with Crippen molar-refractivity contribution in [1.82, 2.24) is 9.88 Å². The van der Waals surface area contributed by atoms with Crippen molar-refractivity contribution in [3.05, 3.63) is 126 Å². The molecule has 0 saturated heterocycles. The highest BCUT2D eigenvalue weighted by molar-refractivity contribution is 6.13. The van der Waals surface area contributed by atoms with E-state index in [0.29, 0.717) is 22.5 Å². The third-order valence-electron chi connectivity index (χ3n) is 7.88. The van der Waals surface area contributed by atoms with Crippen LogP contribution in [-0.4, -0.2) is 49.0 Å². The Morgan fingerprint density at radius 1 is 0.761 bits per heavy atom. The minimum absolute atomic E-state index is 0.305. The first-order valence-electron chi connectivity index (χ1n) is 15.6. The van der Waals surface area contributed by atoms with Crippen LogP contribution in [0, 0.1) is 0 Å². The van der Waals surface area contributed by atoms with Crippen molar-refractivity contribution in [3.63, 3.8) is 0 Å². The zero-order valence-corrected chi connectivity index (χ0v) is 26.6. The number of hydrogen-bond donors (Lipinski definition) is 2. The molecule has 8 heteroatoms. The number of pyridine rings is 1. The van der Waals surface area contributed by atoms with Crippen LogP contribution in [0.4, 0.5) is 11.4 Å². The summed E-state index contributed by atoms with van der Waals surface area (Å²) in [4.78, 5) is 33.2. The Bertz CT molecular complexity index is 1790. The number of para-hydroxylation sites is 2. The van der Waals surface area contributed by atoms with E-state index in [9.17, 15) is 9.59 Å². The van der Waals surface area contributed by atoms with Crippen molar-refractivity contribution in [2.75, 3.05) is 37.9 Å². The molecular weight excluding hydrogens is 576 g/mol. The number of rotatable bonds is 14. The number of ether oxygens (including phenoxy) is 2. The average molecular weight is 617 g/mol. The van der Waals surface area contributed by atoms with Gasteiger partial charge in [-0.3, -0.25) is 19.5 Å². The molecule has 2 amide bonds. The van der Waals surface area contributed by atoms with Crippen LogP contribution in [0.25, 0.3) is 10.9 Å². The predicted molar refractivity (Wildman–Crippen MR) is 184 cm³/mol. The molecule has 0 spiro atoms. The maximum atomic E-state index is 13.3. The van der Waals surface area contributed by atoms with Crippen LogP contribution in [0.5, 0.6) is 11.5 Å². The number of methoxy groups -OCH3 is 2. The smallest absolute Gasteiger partial charge is 0.257 e. The number of unbranched alkanes of at least 4 members (excludes halogenated alkanes) is 1. The van der Waals surface area contributed by atoms with Crippen molar-refractivity contribution >= 4 is 34.1 Å². The molecule has 0 aliphatic rings. The lowest BCUT2D eigenvalue weighted by Gasteiger charge is -2.23. The monoisotopic (exact) mass is 616 g/mol. The highest BCUT2D eigenvalue weighted by Crippen LogP contribution is 2.28. The Kier molecular flexibility index (Phi) is 11.0. The molecule has 5 aromatic rings. The second-order valence-corrected chi connectivity index (χ2v) is 11.1. The molecule has 0 atom stereocenters. The molecule has 1 aromatic heterocycles. The molecule has 0 fully saturated rings. The van der Waals surface area contributed by atoms with Crippen LogP contribution in [0.1, 0.15) is 51.6 Å². The fourth-order valence-corrected chi connectivity index (χ4v) is 5.31. The Morgan fingerprint density at radius 2 is 1.50 bits per heavy atom. The van der Waals surface area contributed by atoms with Crippen LogP contribution < -0.4 is 20.1 Å². The van der Waals surface area contributed by atoms with Gasteiger partial charge >= 0.3 is 0 Å². The van der Waals surface area contributed by atoms with Gasteiger partial charge in [0, 0.05) is 30.4 Å². The normalized spacial score (nSPS) is 11.0. The Hall–Kier alpha value is -5.21. The molecule has 4 aromatic carbocycles. The predicted octanol–water partition coefficient (Wildman–Crippen LogP) is 7.60. The van der Waals surface area contributed by atoms with Gasteiger partial charge in [-0.25, -0.2) is 0 Å². The van der Waals surface area contributed by atoms with Crippen molar-refractivity contribution in [1.29, 1.82) is 0 Å². The summed E-state index contributed by atoms with van der Waals surface area (Å²) >= 11 is 0. The van der Waals surface area contributed by atoms with Gasteiger partial charge in [0.05, 0.1) is 36.6 Å². The van der Waals surface area contributed by atoms with E-state index in [1.54, 1.807) is 50.7 Å². The molecule has 5 rings (SSSR count). The number of carbonyl (C=O) groups is 2. The van der Waals surface area contributed by atoms with Gasteiger partial charge in [0.2, 0.25) is 0 Å². The highest BCUT2D eigenvalue weighted by atomic mass is 16.5. The molecule has 0 aliphatic heterocycles. The lowest BCUT2D eigenvalue weighted by molar-refractivity contribution is 0.102. The van der Waals surface area contributed by atoms with Gasteiger partial charge < -0.3 is 20.1 Å². The van der Waals surface area contributed by atoms with E-state index in [4.69, 9.17) is 9.47 Å². The standard InChI is InChI=1S/C38H40N4O4/c1-4-5-21-42(26-28-16-19-35(45-2)36(23-28)46-3)22-20-27-14-17-31(18-15-27)40-38(44)32-11-7-9-13-34(32)41-37(43)30-24-29-10-6-8-12-33(29)39-25-30/h6-19,23-25H,4-5,20-22,26H2,1-3H3,(H,40,44)(H,41,43). The van der Waals surface area contributed by atoms with Gasteiger partial charge in [-0.15, -0.1) is 0 Å². The van der Waals surface area contributed by atoms with E-state index in [-0.39, 0.29) is 11.8 Å². The zero-order valence-electron chi connectivity index (χ0n) is 26.6. The molecule has 46 heavy (non-hydrogen) atoms. The highest BCUT2D eigenvalue weighted by Gasteiger charge is 2.16. The molecule has 2 N–H and O–H groups in total. The van der Waals surface area contributed by atoms with E-state index in [1.165, 1.54) is 11.1 Å². The number of nitrogens with zero attached hydrogens (tertiary/aromatic N) is 2. The molecular formula is C38H40N4O4. The summed E-state index contributed by atoms with van der Waals surface area (Å²) in [5.74, 6) is 0.827. The molecule has 8 nitrogen and oxygen atoms in total. The maximum Gasteiger partial charge on any atom is 0.257 e. The van der Waals surface area contributed by atoms with E-state index in [0.717, 1.165) is 61.3 Å². The fourth-order valence-electron chi connectivity index (χ4n) is 5.31. The van der Waals surface area contributed by atoms with Gasteiger partial charge in [0.1, 0.15) is 0 Å². The van der Waals surface area contributed by atoms with E-state index in [1.807, 2.05) is 60.7 Å². The number of anilines is 2. The maximum absolute atomic E-state index is 13.3. The van der Waals surface area contributed by atoms with Crippen molar-refractivity contribution in [2.45, 2.75) is 32.7 Å². The largest absolute Gasteiger partial charge is 0.493 e. The molecule has 0 bridgehead atoms. The van der Waals surface area contributed by atoms with Crippen LogP contribution in [-0.2, 0) is 13.0 Å². The van der Waals surface area contributed by atoms with Gasteiger partial charge in [-0.05, 0) is 79.0 Å². The lowest BCUT2D eigenvalue weighted by atomic mass is 10.1. The van der Waals surface area contributed by atoms with Crippen LogP contribution in [0.2, 0.25) is 0 Å². The van der Waals surface area contributed by atoms with Crippen molar-refractivity contribution < 1.29 is 19.1 Å². The molecule has 0 saturated carbocycles. The Labute approximate surface area is 270 Å². The minimum atomic E-state index is -0.332. The third-order valence-corrected chi connectivity index (χ3v) is 7.88. The van der Waals surface area contributed by atoms with E-state index < -0.39 is 0 Å². The molecule has 236 valence electrons. The SMILES string of the molecule is CCCCN(CCc1ccc(NC(=O)c2ccccc2NC(=O)c2cnc3ccccc3c2)cc1)Cc1ccc(OC)c(OC)c1. The van der Waals surface area contributed by atoms with Crippen LogP contribution in [0.3, 0.4) is 0 Å². The van der Waals surface area contributed by atoms with Gasteiger partial charge in [0.25, 0.3) is 11.8 Å². The summed E-state index contributed by atoms with van der Waals surface area (Å²) < 4.78 is 10.9. The Balaban J connectivity index is 1.20. The van der Waals surface area contributed by atoms with Gasteiger partial charge in [0.15, 0.2) is 11.5 Å². The second-order valence-electron chi connectivity index (χ2n) is 11.1. The summed E-state index contributed by atoms with van der Waals surface area (Å²) in [6.07, 6.45) is 4.68. The van der Waals surface area contributed by atoms with Crippen LogP contribution in [0.15, 0.2) is 103 Å². The minimum Gasteiger partial charge on any atom is -0.493 e. The number of carbonyl (C=O) groups excluding carboxylic acids is 2. The summed E-state index contributed by atoms with van der Waals surface area (Å²) in [5.41, 5.74) is 5.07. The number of aromatic nitrogens is 1. The topological polar surface area (TPSA) is 92.8 Å². The number of benzene rings is 4. The summed E-state index contributed by atoms with van der Waals surface area (Å²) in [6.45, 7) is 4.93. The number of hydrogen-bond acceptors (Lipinski definition) is 6. The first-order chi connectivity index (χ1) is 22.5.